The van der Waals surface area contributed by atoms with E-state index in [1.807, 2.05) is 43.3 Å². The number of hydrogen-bond donors (Lipinski definition) is 1. The smallest absolute Gasteiger partial charge is 0.264 e. The summed E-state index contributed by atoms with van der Waals surface area (Å²) in [7, 11) is -4.27. The van der Waals surface area contributed by atoms with Crippen molar-refractivity contribution < 1.29 is 22.7 Å². The van der Waals surface area contributed by atoms with E-state index in [2.05, 4.69) is 5.32 Å². The van der Waals surface area contributed by atoms with Crippen molar-refractivity contribution in [2.24, 2.45) is 0 Å². The van der Waals surface area contributed by atoms with Crippen LogP contribution < -0.4 is 14.4 Å². The van der Waals surface area contributed by atoms with Gasteiger partial charge in [-0.15, -0.1) is 0 Å². The molecule has 2 amide bonds. The summed E-state index contributed by atoms with van der Waals surface area (Å²) in [5, 5.41) is 3.98. The Bertz CT molecular complexity index is 1780. The average molecular weight is 709 g/mol. The molecule has 48 heavy (non-hydrogen) atoms. The molecule has 11 heteroatoms. The van der Waals surface area contributed by atoms with Gasteiger partial charge in [0.2, 0.25) is 11.8 Å². The number of halogens is 2. The van der Waals surface area contributed by atoms with Crippen LogP contribution in [0.1, 0.15) is 43.7 Å². The van der Waals surface area contributed by atoms with Crippen LogP contribution in [-0.4, -0.2) is 50.4 Å². The van der Waals surface area contributed by atoms with Crippen molar-refractivity contribution in [1.29, 1.82) is 0 Å². The van der Waals surface area contributed by atoms with E-state index in [9.17, 15) is 18.0 Å². The Morgan fingerprint density at radius 2 is 1.52 bits per heavy atom. The molecule has 5 rings (SSSR count). The summed E-state index contributed by atoms with van der Waals surface area (Å²) in [6.45, 7) is 1.71. The summed E-state index contributed by atoms with van der Waals surface area (Å²) in [5.41, 5.74) is 1.75. The third-order valence-corrected chi connectivity index (χ3v) is 10.8. The van der Waals surface area contributed by atoms with Crippen molar-refractivity contribution in [3.63, 3.8) is 0 Å². The molecule has 0 aromatic heterocycles. The number of rotatable bonds is 14. The molecule has 1 saturated carbocycles. The summed E-state index contributed by atoms with van der Waals surface area (Å²) >= 11 is 12.7. The van der Waals surface area contributed by atoms with Crippen LogP contribution in [-0.2, 0) is 32.6 Å². The monoisotopic (exact) mass is 707 g/mol. The lowest BCUT2D eigenvalue weighted by Gasteiger charge is -2.34. The van der Waals surface area contributed by atoms with Gasteiger partial charge >= 0.3 is 0 Å². The van der Waals surface area contributed by atoms with E-state index in [4.69, 9.17) is 27.9 Å². The van der Waals surface area contributed by atoms with E-state index in [1.165, 1.54) is 29.2 Å². The van der Waals surface area contributed by atoms with Gasteiger partial charge in [-0.1, -0.05) is 84.6 Å². The van der Waals surface area contributed by atoms with Gasteiger partial charge in [-0.05, 0) is 85.5 Å². The quantitative estimate of drug-likeness (QED) is 0.149. The number of nitrogens with zero attached hydrogens (tertiary/aromatic N) is 2. The fourth-order valence-electron chi connectivity index (χ4n) is 5.87. The number of hydrogen-bond acceptors (Lipinski definition) is 5. The highest BCUT2D eigenvalue weighted by Gasteiger charge is 2.36. The maximum Gasteiger partial charge on any atom is 0.264 e. The zero-order valence-electron chi connectivity index (χ0n) is 26.7. The first-order chi connectivity index (χ1) is 23.2. The summed E-state index contributed by atoms with van der Waals surface area (Å²) in [6, 6.07) is 27.9. The highest BCUT2D eigenvalue weighted by atomic mass is 35.5. The zero-order chi connectivity index (χ0) is 34.1. The third kappa shape index (κ3) is 8.89. The van der Waals surface area contributed by atoms with Gasteiger partial charge in [0, 0.05) is 29.1 Å². The average Bonchev–Trinajstić information content (AvgIpc) is 3.60. The number of ether oxygens (including phenoxy) is 1. The molecule has 1 N–H and O–H groups in total. The fraction of sp³-hybridized carbons (Fsp3) is 0.297. The predicted molar refractivity (Wildman–Crippen MR) is 190 cm³/mol. The molecular formula is C37H39Cl2N3O5S. The molecule has 1 aliphatic rings. The van der Waals surface area contributed by atoms with Crippen LogP contribution in [0.3, 0.4) is 0 Å². The second-order valence-corrected chi connectivity index (χ2v) is 14.4. The number of sulfonamides is 1. The van der Waals surface area contributed by atoms with E-state index in [0.717, 1.165) is 35.6 Å². The molecule has 1 unspecified atom stereocenters. The van der Waals surface area contributed by atoms with Crippen LogP contribution in [0.5, 0.6) is 5.75 Å². The molecule has 8 nitrogen and oxygen atoms in total. The summed E-state index contributed by atoms with van der Waals surface area (Å²) in [5.74, 6) is -0.300. The number of carbonyl (C=O) groups excluding carboxylic acids is 2. The van der Waals surface area contributed by atoms with Gasteiger partial charge in [-0.25, -0.2) is 8.42 Å². The number of amides is 2. The zero-order valence-corrected chi connectivity index (χ0v) is 29.1. The van der Waals surface area contributed by atoms with E-state index >= 15 is 0 Å². The molecule has 1 fully saturated rings. The Kier molecular flexibility index (Phi) is 12.0. The second kappa shape index (κ2) is 16.4. The number of carbonyl (C=O) groups is 2. The molecule has 0 spiro atoms. The van der Waals surface area contributed by atoms with Crippen molar-refractivity contribution in [2.75, 3.05) is 17.5 Å². The maximum absolute atomic E-state index is 14.7. The molecule has 1 atom stereocenters. The Morgan fingerprint density at radius 1 is 0.875 bits per heavy atom. The number of nitrogens with one attached hydrogen (secondary N) is 1. The second-order valence-electron chi connectivity index (χ2n) is 11.7. The van der Waals surface area contributed by atoms with Crippen molar-refractivity contribution in [3.8, 4) is 5.75 Å². The number of anilines is 1. The Hall–Kier alpha value is -4.05. The van der Waals surface area contributed by atoms with E-state index < -0.39 is 28.5 Å². The molecule has 0 saturated heterocycles. The van der Waals surface area contributed by atoms with Crippen LogP contribution in [0.2, 0.25) is 10.0 Å². The van der Waals surface area contributed by atoms with Gasteiger partial charge in [0.25, 0.3) is 10.0 Å². The minimum atomic E-state index is -4.27. The van der Waals surface area contributed by atoms with Crippen molar-refractivity contribution in [3.05, 3.63) is 124 Å². The lowest BCUT2D eigenvalue weighted by atomic mass is 10.0. The first kappa shape index (κ1) is 35.3. The SMILES string of the molecule is CCOc1ccc(N(CC(=O)N(Cc2ccccc2Cl)C(Cc2ccccc2)C(=O)NC2CCCC2)S(=O)(=O)c2ccc(Cl)cc2)cc1. The molecule has 0 heterocycles. The molecule has 0 bridgehead atoms. The first-order valence-electron chi connectivity index (χ1n) is 16.0. The highest BCUT2D eigenvalue weighted by molar-refractivity contribution is 7.92. The summed E-state index contributed by atoms with van der Waals surface area (Å²) in [6.07, 6.45) is 4.01. The minimum absolute atomic E-state index is 0.00773. The molecule has 0 radical (unpaired) electrons. The molecule has 0 aliphatic heterocycles. The molecule has 4 aromatic carbocycles. The molecule has 1 aliphatic carbocycles. The van der Waals surface area contributed by atoms with Crippen LogP contribution >= 0.6 is 23.2 Å². The van der Waals surface area contributed by atoms with Gasteiger partial charge in [0.15, 0.2) is 0 Å². The van der Waals surface area contributed by atoms with Crippen molar-refractivity contribution in [1.82, 2.24) is 10.2 Å². The van der Waals surface area contributed by atoms with E-state index in [0.29, 0.717) is 28.0 Å². The highest BCUT2D eigenvalue weighted by Crippen LogP contribution is 2.28. The van der Waals surface area contributed by atoms with Gasteiger partial charge in [0.1, 0.15) is 18.3 Å². The Labute approximate surface area is 292 Å². The summed E-state index contributed by atoms with van der Waals surface area (Å²) in [4.78, 5) is 30.2. The minimum Gasteiger partial charge on any atom is -0.494 e. The Morgan fingerprint density at radius 3 is 2.17 bits per heavy atom. The van der Waals surface area contributed by atoms with Gasteiger partial charge in [-0.3, -0.25) is 13.9 Å². The fourth-order valence-corrected chi connectivity index (χ4v) is 7.61. The van der Waals surface area contributed by atoms with Crippen LogP contribution in [0.4, 0.5) is 5.69 Å². The van der Waals surface area contributed by atoms with Crippen LogP contribution in [0.25, 0.3) is 0 Å². The van der Waals surface area contributed by atoms with E-state index in [-0.39, 0.29) is 35.5 Å². The normalized spacial score (nSPS) is 13.9. The third-order valence-electron chi connectivity index (χ3n) is 8.39. The summed E-state index contributed by atoms with van der Waals surface area (Å²) < 4.78 is 35.1. The molecule has 252 valence electrons. The first-order valence-corrected chi connectivity index (χ1v) is 18.2. The van der Waals surface area contributed by atoms with E-state index in [1.54, 1.807) is 42.5 Å². The van der Waals surface area contributed by atoms with Gasteiger partial charge in [-0.2, -0.15) is 0 Å². The van der Waals surface area contributed by atoms with Crippen LogP contribution in [0, 0.1) is 0 Å². The Balaban J connectivity index is 1.57. The largest absolute Gasteiger partial charge is 0.494 e. The molecular weight excluding hydrogens is 669 g/mol. The molecule has 4 aromatic rings. The maximum atomic E-state index is 14.7. The van der Waals surface area contributed by atoms with Crippen molar-refractivity contribution in [2.45, 2.75) is 62.6 Å². The lowest BCUT2D eigenvalue weighted by Crippen LogP contribution is -2.54. The van der Waals surface area contributed by atoms with Gasteiger partial charge in [0.05, 0.1) is 17.2 Å². The standard InChI is InChI=1S/C37H39Cl2N3O5S/c1-2-47-32-20-18-31(19-21-32)42(48(45,46)33-22-16-29(38)17-23-33)26-36(43)41(25-28-12-6-9-15-34(28)39)35(24-27-10-4-3-5-11-27)37(44)40-30-13-7-8-14-30/h3-6,9-12,15-23,30,35H,2,7-8,13-14,24-26H2,1H3,(H,40,44). The van der Waals surface area contributed by atoms with Crippen molar-refractivity contribution >= 4 is 50.7 Å². The topological polar surface area (TPSA) is 96.0 Å². The lowest BCUT2D eigenvalue weighted by molar-refractivity contribution is -0.140. The van der Waals surface area contributed by atoms with Gasteiger partial charge < -0.3 is 15.0 Å². The predicted octanol–water partition coefficient (Wildman–Crippen LogP) is 7.29. The number of benzene rings is 4. The van der Waals surface area contributed by atoms with Crippen LogP contribution in [0.15, 0.2) is 108 Å².